The molecular formula is C23H22ClN3O2S. The molecule has 1 heterocycles. The molecule has 0 aliphatic carbocycles. The van der Waals surface area contributed by atoms with Crippen LogP contribution in [0.1, 0.15) is 6.92 Å². The van der Waals surface area contributed by atoms with Gasteiger partial charge in [0.15, 0.2) is 11.0 Å². The first-order valence-corrected chi connectivity index (χ1v) is 11.1. The second-order valence-corrected chi connectivity index (χ2v) is 8.24. The van der Waals surface area contributed by atoms with E-state index in [4.69, 9.17) is 16.3 Å². The van der Waals surface area contributed by atoms with Crippen molar-refractivity contribution in [3.63, 3.8) is 0 Å². The maximum Gasteiger partial charge on any atom is 0.191 e. The largest absolute Gasteiger partial charge is 0.490 e. The van der Waals surface area contributed by atoms with Crippen LogP contribution in [0.3, 0.4) is 0 Å². The van der Waals surface area contributed by atoms with E-state index >= 15 is 0 Å². The van der Waals surface area contributed by atoms with Crippen molar-refractivity contribution in [3.8, 4) is 17.1 Å². The first-order chi connectivity index (χ1) is 14.7. The number of thioether (sulfide) groups is 1. The Morgan fingerprint density at radius 1 is 1.07 bits per heavy atom. The first kappa shape index (κ1) is 20.7. The Kier molecular flexibility index (Phi) is 6.57. The number of aliphatic hydroxyl groups excluding tert-OH is 1. The molecule has 5 nitrogen and oxygen atoms in total. The van der Waals surface area contributed by atoms with Crippen molar-refractivity contribution < 1.29 is 9.84 Å². The van der Waals surface area contributed by atoms with Crippen molar-refractivity contribution in [1.29, 1.82) is 0 Å². The Bertz CT molecular complexity index is 1140. The molecule has 0 fully saturated rings. The van der Waals surface area contributed by atoms with Gasteiger partial charge >= 0.3 is 0 Å². The normalized spacial score (nSPS) is 12.2. The summed E-state index contributed by atoms with van der Waals surface area (Å²) in [5, 5.41) is 22.7. The van der Waals surface area contributed by atoms with Gasteiger partial charge in [0.05, 0.1) is 6.10 Å². The van der Waals surface area contributed by atoms with Crippen LogP contribution >= 0.6 is 23.4 Å². The van der Waals surface area contributed by atoms with Crippen molar-refractivity contribution >= 4 is 34.1 Å². The Hall–Kier alpha value is -2.54. The fourth-order valence-electron chi connectivity index (χ4n) is 3.25. The summed E-state index contributed by atoms with van der Waals surface area (Å²) in [6, 6.07) is 21.5. The molecule has 0 radical (unpaired) electrons. The third kappa shape index (κ3) is 4.61. The second-order valence-electron chi connectivity index (χ2n) is 6.81. The summed E-state index contributed by atoms with van der Waals surface area (Å²) in [4.78, 5) is 0. The van der Waals surface area contributed by atoms with Gasteiger partial charge in [-0.15, -0.1) is 10.2 Å². The summed E-state index contributed by atoms with van der Waals surface area (Å²) in [6.45, 7) is 2.98. The molecule has 0 aliphatic heterocycles. The van der Waals surface area contributed by atoms with Gasteiger partial charge in [-0.25, -0.2) is 0 Å². The van der Waals surface area contributed by atoms with Crippen molar-refractivity contribution in [3.05, 3.63) is 71.8 Å². The molecule has 154 valence electrons. The summed E-state index contributed by atoms with van der Waals surface area (Å²) >= 11 is 7.58. The molecular weight excluding hydrogens is 418 g/mol. The van der Waals surface area contributed by atoms with E-state index in [-0.39, 0.29) is 6.61 Å². The number of hydrogen-bond acceptors (Lipinski definition) is 5. The number of benzene rings is 3. The van der Waals surface area contributed by atoms with Crippen LogP contribution in [-0.4, -0.2) is 38.3 Å². The zero-order chi connectivity index (χ0) is 20.9. The molecule has 0 saturated carbocycles. The highest BCUT2D eigenvalue weighted by molar-refractivity contribution is 7.99. The number of nitrogens with zero attached hydrogens (tertiary/aromatic N) is 3. The number of aliphatic hydroxyl groups is 1. The monoisotopic (exact) mass is 439 g/mol. The summed E-state index contributed by atoms with van der Waals surface area (Å²) in [6.07, 6.45) is -0.634. The van der Waals surface area contributed by atoms with Gasteiger partial charge in [-0.05, 0) is 30.5 Å². The number of fused-ring (bicyclic) bond motifs is 1. The summed E-state index contributed by atoms with van der Waals surface area (Å²) in [5.74, 6) is 2.00. The minimum absolute atomic E-state index is 0.211. The van der Waals surface area contributed by atoms with E-state index in [2.05, 4.69) is 10.2 Å². The minimum Gasteiger partial charge on any atom is -0.490 e. The summed E-state index contributed by atoms with van der Waals surface area (Å²) < 4.78 is 7.92. The van der Waals surface area contributed by atoms with E-state index in [1.807, 2.05) is 78.2 Å². The predicted octanol–water partition coefficient (Wildman–Crippen LogP) is 5.30. The van der Waals surface area contributed by atoms with Gasteiger partial charge in [0.1, 0.15) is 12.4 Å². The quantitative estimate of drug-likeness (QED) is 0.377. The molecule has 7 heteroatoms. The van der Waals surface area contributed by atoms with E-state index in [1.54, 1.807) is 0 Å². The number of rotatable bonds is 8. The number of aromatic nitrogens is 3. The maximum atomic E-state index is 10.4. The average molecular weight is 440 g/mol. The lowest BCUT2D eigenvalue weighted by molar-refractivity contribution is 0.127. The highest BCUT2D eigenvalue weighted by Gasteiger charge is 2.16. The molecule has 30 heavy (non-hydrogen) atoms. The molecule has 1 unspecified atom stereocenters. The fourth-order valence-corrected chi connectivity index (χ4v) is 4.35. The Labute approximate surface area is 184 Å². The lowest BCUT2D eigenvalue weighted by Crippen LogP contribution is -2.20. The number of halogens is 1. The third-order valence-electron chi connectivity index (χ3n) is 4.70. The van der Waals surface area contributed by atoms with Crippen molar-refractivity contribution in [2.24, 2.45) is 0 Å². The fraction of sp³-hybridized carbons (Fsp3) is 0.217. The Morgan fingerprint density at radius 3 is 2.70 bits per heavy atom. The zero-order valence-electron chi connectivity index (χ0n) is 16.5. The van der Waals surface area contributed by atoms with Crippen LogP contribution in [0, 0.1) is 0 Å². The average Bonchev–Trinajstić information content (AvgIpc) is 3.19. The van der Waals surface area contributed by atoms with Gasteiger partial charge in [-0.2, -0.15) is 0 Å². The lowest BCUT2D eigenvalue weighted by Gasteiger charge is -2.14. The van der Waals surface area contributed by atoms with E-state index in [1.165, 1.54) is 11.8 Å². The molecule has 1 N–H and O–H groups in total. The van der Waals surface area contributed by atoms with Gasteiger partial charge in [0, 0.05) is 28.3 Å². The van der Waals surface area contributed by atoms with Gasteiger partial charge in [0.25, 0.3) is 0 Å². The van der Waals surface area contributed by atoms with E-state index in [0.717, 1.165) is 39.6 Å². The molecule has 0 aliphatic rings. The molecule has 0 saturated heterocycles. The topological polar surface area (TPSA) is 60.2 Å². The van der Waals surface area contributed by atoms with Crippen molar-refractivity contribution in [2.45, 2.75) is 24.7 Å². The number of hydrogen-bond donors (Lipinski definition) is 1. The third-order valence-corrected chi connectivity index (χ3v) is 6.05. The van der Waals surface area contributed by atoms with Crippen LogP contribution in [0.15, 0.2) is 71.9 Å². The number of ether oxygens (including phenoxy) is 1. The maximum absolute atomic E-state index is 10.4. The van der Waals surface area contributed by atoms with Crippen molar-refractivity contribution in [2.75, 3.05) is 12.4 Å². The lowest BCUT2D eigenvalue weighted by atomic mass is 10.1. The van der Waals surface area contributed by atoms with Gasteiger partial charge in [-0.1, -0.05) is 71.9 Å². The molecule has 3 aromatic carbocycles. The molecule has 1 aromatic heterocycles. The highest BCUT2D eigenvalue weighted by atomic mass is 35.5. The Morgan fingerprint density at radius 2 is 1.87 bits per heavy atom. The molecule has 0 bridgehead atoms. The van der Waals surface area contributed by atoms with Crippen LogP contribution < -0.4 is 4.74 Å². The molecule has 1 atom stereocenters. The predicted molar refractivity (Wildman–Crippen MR) is 122 cm³/mol. The van der Waals surface area contributed by atoms with Gasteiger partial charge < -0.3 is 14.4 Å². The molecule has 4 aromatic rings. The van der Waals surface area contributed by atoms with Gasteiger partial charge in [-0.3, -0.25) is 0 Å². The van der Waals surface area contributed by atoms with Crippen LogP contribution in [0.2, 0.25) is 5.02 Å². The summed E-state index contributed by atoms with van der Waals surface area (Å²) in [7, 11) is 0. The molecule has 0 amide bonds. The van der Waals surface area contributed by atoms with E-state index < -0.39 is 6.10 Å². The van der Waals surface area contributed by atoms with E-state index in [0.29, 0.717) is 10.8 Å². The molecule has 0 spiro atoms. The molecule has 4 rings (SSSR count). The van der Waals surface area contributed by atoms with Crippen LogP contribution in [0.25, 0.3) is 22.2 Å². The van der Waals surface area contributed by atoms with Crippen LogP contribution in [0.4, 0.5) is 0 Å². The second kappa shape index (κ2) is 9.51. The smallest absolute Gasteiger partial charge is 0.191 e. The Balaban J connectivity index is 1.40. The standard InChI is InChI=1S/C23H22ClN3O2S/c1-2-27-22(17-9-5-10-18(24)13-17)25-26-23(27)30-15-19(28)14-29-21-12-6-8-16-7-3-4-11-20(16)21/h3-13,19,28H,2,14-15H2,1H3. The zero-order valence-corrected chi connectivity index (χ0v) is 18.1. The minimum atomic E-state index is -0.634. The SMILES string of the molecule is CCn1c(SCC(O)COc2cccc3ccccc23)nnc1-c1cccc(Cl)c1. The van der Waals surface area contributed by atoms with Crippen LogP contribution in [0.5, 0.6) is 5.75 Å². The summed E-state index contributed by atoms with van der Waals surface area (Å²) in [5.41, 5.74) is 0.920. The van der Waals surface area contributed by atoms with Crippen LogP contribution in [-0.2, 0) is 6.54 Å². The highest BCUT2D eigenvalue weighted by Crippen LogP contribution is 2.27. The first-order valence-electron chi connectivity index (χ1n) is 9.76. The van der Waals surface area contributed by atoms with E-state index in [9.17, 15) is 5.11 Å². The van der Waals surface area contributed by atoms with Gasteiger partial charge in [0.2, 0.25) is 0 Å². The van der Waals surface area contributed by atoms with Crippen molar-refractivity contribution in [1.82, 2.24) is 14.8 Å².